The second-order valence-corrected chi connectivity index (χ2v) is 9.91. The van der Waals surface area contributed by atoms with Gasteiger partial charge in [-0.1, -0.05) is 35.9 Å². The fraction of sp³-hybridized carbons (Fsp3) is 0.310. The Kier molecular flexibility index (Phi) is 7.95. The zero-order valence-corrected chi connectivity index (χ0v) is 21.6. The van der Waals surface area contributed by atoms with Crippen LogP contribution >= 0.6 is 11.6 Å². The van der Waals surface area contributed by atoms with Crippen LogP contribution in [0.15, 0.2) is 66.7 Å². The fourth-order valence-electron chi connectivity index (χ4n) is 4.76. The molecule has 1 aliphatic rings. The molecule has 1 amide bonds. The zero-order valence-electron chi connectivity index (χ0n) is 20.9. The molecule has 3 aromatic rings. The van der Waals surface area contributed by atoms with Crippen molar-refractivity contribution in [2.75, 3.05) is 45.2 Å². The molecule has 186 valence electrons. The van der Waals surface area contributed by atoms with Crippen LogP contribution in [0.2, 0.25) is 5.02 Å². The third-order valence-corrected chi connectivity index (χ3v) is 6.99. The van der Waals surface area contributed by atoms with Gasteiger partial charge in [-0.2, -0.15) is 5.26 Å². The quantitative estimate of drug-likeness (QED) is 0.523. The molecule has 1 heterocycles. The molecule has 1 N–H and O–H groups in total. The predicted octanol–water partition coefficient (Wildman–Crippen LogP) is 4.82. The number of halogens is 1. The molecule has 0 spiro atoms. The summed E-state index contributed by atoms with van der Waals surface area (Å²) in [7, 11) is 3.52. The van der Waals surface area contributed by atoms with E-state index in [0.29, 0.717) is 22.7 Å². The number of aliphatic hydroxyl groups is 1. The summed E-state index contributed by atoms with van der Waals surface area (Å²) < 4.78 is 0. The van der Waals surface area contributed by atoms with E-state index in [1.807, 2.05) is 49.4 Å². The van der Waals surface area contributed by atoms with E-state index in [4.69, 9.17) is 16.9 Å². The number of aliphatic hydroxyl groups excluding tert-OH is 1. The molecule has 0 radical (unpaired) electrons. The van der Waals surface area contributed by atoms with Crippen molar-refractivity contribution in [3.8, 4) is 6.07 Å². The van der Waals surface area contributed by atoms with E-state index in [9.17, 15) is 9.90 Å². The summed E-state index contributed by atoms with van der Waals surface area (Å²) in [6.45, 7) is 4.83. The van der Waals surface area contributed by atoms with Crippen molar-refractivity contribution in [1.29, 1.82) is 5.26 Å². The monoisotopic (exact) mass is 502 g/mol. The maximum Gasteiger partial charge on any atom is 0.253 e. The van der Waals surface area contributed by atoms with E-state index in [-0.39, 0.29) is 11.9 Å². The van der Waals surface area contributed by atoms with Gasteiger partial charge in [0, 0.05) is 56.5 Å². The van der Waals surface area contributed by atoms with Gasteiger partial charge in [0.25, 0.3) is 5.91 Å². The van der Waals surface area contributed by atoms with Crippen molar-refractivity contribution in [3.05, 3.63) is 99.6 Å². The number of carbonyl (C=O) groups is 1. The van der Waals surface area contributed by atoms with Gasteiger partial charge in [-0.05, 0) is 66.1 Å². The molecule has 0 saturated carbocycles. The topological polar surface area (TPSA) is 70.8 Å². The van der Waals surface area contributed by atoms with Crippen LogP contribution in [0.4, 0.5) is 5.69 Å². The number of nitrogens with zero attached hydrogens (tertiary/aromatic N) is 4. The molecule has 0 aliphatic carbocycles. The van der Waals surface area contributed by atoms with Gasteiger partial charge in [-0.15, -0.1) is 0 Å². The first-order valence-electron chi connectivity index (χ1n) is 12.0. The maximum absolute atomic E-state index is 12.5. The average molecular weight is 503 g/mol. The van der Waals surface area contributed by atoms with Crippen LogP contribution in [-0.2, 0) is 0 Å². The molecule has 0 bridgehead atoms. The highest BCUT2D eigenvalue weighted by atomic mass is 35.5. The second-order valence-electron chi connectivity index (χ2n) is 9.47. The largest absolute Gasteiger partial charge is 0.387 e. The number of hydrogen-bond donors (Lipinski definition) is 1. The van der Waals surface area contributed by atoms with Crippen molar-refractivity contribution < 1.29 is 9.90 Å². The molecular formula is C29H31ClN4O2. The van der Waals surface area contributed by atoms with Crippen LogP contribution in [0.3, 0.4) is 0 Å². The molecule has 1 fully saturated rings. The molecule has 0 aromatic heterocycles. The number of amides is 1. The maximum atomic E-state index is 12.5. The van der Waals surface area contributed by atoms with E-state index in [2.05, 4.69) is 28.0 Å². The van der Waals surface area contributed by atoms with E-state index in [1.165, 1.54) is 0 Å². The highest BCUT2D eigenvalue weighted by Crippen LogP contribution is 2.34. The molecule has 4 rings (SSSR count). The zero-order chi connectivity index (χ0) is 25.8. The highest BCUT2D eigenvalue weighted by molar-refractivity contribution is 6.30. The predicted molar refractivity (Wildman–Crippen MR) is 143 cm³/mol. The Morgan fingerprint density at radius 3 is 2.42 bits per heavy atom. The number of aryl methyl sites for hydroxylation is 1. The van der Waals surface area contributed by atoms with Gasteiger partial charge >= 0.3 is 0 Å². The Morgan fingerprint density at radius 1 is 1.11 bits per heavy atom. The van der Waals surface area contributed by atoms with Gasteiger partial charge in [-0.25, -0.2) is 0 Å². The molecule has 3 aromatic carbocycles. The number of benzene rings is 3. The molecule has 1 saturated heterocycles. The van der Waals surface area contributed by atoms with E-state index >= 15 is 0 Å². The number of nitriles is 1. The fourth-order valence-corrected chi connectivity index (χ4v) is 4.89. The van der Waals surface area contributed by atoms with E-state index in [1.54, 1.807) is 31.1 Å². The number of carbonyl (C=O) groups excluding carboxylic acids is 1. The smallest absolute Gasteiger partial charge is 0.253 e. The first kappa shape index (κ1) is 25.7. The lowest BCUT2D eigenvalue weighted by molar-refractivity contribution is 0.0827. The standard InChI is InChI=1S/C29H31ClN4O2/c1-20-16-24(29(36)32(2)3)10-13-26(20)34-15-14-33(18-27(34)22-8-11-25(30)12-9-22)19-28(35)23-6-4-21(17-31)5-7-23/h4-13,16,27-28,35H,14-15,18-19H2,1-3H3/t27-,28+/m0/s1. The lowest BCUT2D eigenvalue weighted by Crippen LogP contribution is -2.49. The van der Waals surface area contributed by atoms with Gasteiger partial charge in [0.15, 0.2) is 0 Å². The van der Waals surface area contributed by atoms with Crippen LogP contribution in [0.1, 0.15) is 44.8 Å². The number of piperazine rings is 1. The molecule has 7 heteroatoms. The summed E-state index contributed by atoms with van der Waals surface area (Å²) in [6, 6.07) is 23.1. The van der Waals surface area contributed by atoms with Crippen LogP contribution in [0, 0.1) is 18.3 Å². The van der Waals surface area contributed by atoms with Crippen LogP contribution in [-0.4, -0.2) is 61.1 Å². The molecular weight excluding hydrogens is 472 g/mol. The Morgan fingerprint density at radius 2 is 1.81 bits per heavy atom. The molecule has 0 unspecified atom stereocenters. The summed E-state index contributed by atoms with van der Waals surface area (Å²) in [4.78, 5) is 18.7. The van der Waals surface area contributed by atoms with Crippen LogP contribution < -0.4 is 4.90 Å². The Labute approximate surface area is 217 Å². The summed E-state index contributed by atoms with van der Waals surface area (Å²) in [5.41, 5.74) is 5.34. The van der Waals surface area contributed by atoms with Crippen molar-refractivity contribution in [1.82, 2.24) is 9.80 Å². The first-order chi connectivity index (χ1) is 17.3. The normalized spacial score (nSPS) is 16.9. The Bertz CT molecular complexity index is 1250. The number of anilines is 1. The van der Waals surface area contributed by atoms with Crippen molar-refractivity contribution in [3.63, 3.8) is 0 Å². The minimum Gasteiger partial charge on any atom is -0.387 e. The van der Waals surface area contributed by atoms with Crippen LogP contribution in [0.25, 0.3) is 0 Å². The Balaban J connectivity index is 1.58. The third kappa shape index (κ3) is 5.71. The summed E-state index contributed by atoms with van der Waals surface area (Å²) in [5, 5.41) is 20.6. The van der Waals surface area contributed by atoms with Crippen LogP contribution in [0.5, 0.6) is 0 Å². The number of hydrogen-bond acceptors (Lipinski definition) is 5. The highest BCUT2D eigenvalue weighted by Gasteiger charge is 2.30. The summed E-state index contributed by atoms with van der Waals surface area (Å²) >= 11 is 6.18. The summed E-state index contributed by atoms with van der Waals surface area (Å²) in [5.74, 6) is -0.0134. The van der Waals surface area contributed by atoms with Crippen molar-refractivity contribution >= 4 is 23.2 Å². The first-order valence-corrected chi connectivity index (χ1v) is 12.4. The van der Waals surface area contributed by atoms with Gasteiger partial charge in [-0.3, -0.25) is 9.69 Å². The minimum absolute atomic E-state index is 0.0134. The SMILES string of the molecule is Cc1cc(C(=O)N(C)C)ccc1N1CCN(C[C@@H](O)c2ccc(C#N)cc2)C[C@H]1c1ccc(Cl)cc1. The van der Waals surface area contributed by atoms with Crippen molar-refractivity contribution in [2.24, 2.45) is 0 Å². The van der Waals surface area contributed by atoms with Gasteiger partial charge in [0.05, 0.1) is 23.8 Å². The molecule has 6 nitrogen and oxygen atoms in total. The average Bonchev–Trinajstić information content (AvgIpc) is 2.88. The second kappa shape index (κ2) is 11.1. The van der Waals surface area contributed by atoms with Gasteiger partial charge < -0.3 is 14.9 Å². The minimum atomic E-state index is -0.645. The third-order valence-electron chi connectivity index (χ3n) is 6.73. The lowest BCUT2D eigenvalue weighted by atomic mass is 9.98. The molecule has 1 aliphatic heterocycles. The van der Waals surface area contributed by atoms with Crippen molar-refractivity contribution in [2.45, 2.75) is 19.1 Å². The molecule has 36 heavy (non-hydrogen) atoms. The van der Waals surface area contributed by atoms with E-state index in [0.717, 1.165) is 42.0 Å². The Hall–Kier alpha value is -3.37. The molecule has 2 atom stereocenters. The van der Waals surface area contributed by atoms with E-state index < -0.39 is 6.10 Å². The van der Waals surface area contributed by atoms with Gasteiger partial charge in [0.2, 0.25) is 0 Å². The van der Waals surface area contributed by atoms with Gasteiger partial charge in [0.1, 0.15) is 0 Å². The lowest BCUT2D eigenvalue weighted by Gasteiger charge is -2.44. The number of β-amino-alcohol motifs (C(OH)–C–C–N with tert-alkyl or cyclic N) is 1. The summed E-state index contributed by atoms with van der Waals surface area (Å²) in [6.07, 6.45) is -0.645. The number of rotatable bonds is 6.